The van der Waals surface area contributed by atoms with E-state index in [9.17, 15) is 22.8 Å². The Hall–Kier alpha value is -1.51. The molecule has 0 bridgehead atoms. The van der Waals surface area contributed by atoms with Crippen molar-refractivity contribution in [3.8, 4) is 0 Å². The van der Waals surface area contributed by atoms with E-state index in [-0.39, 0.29) is 13.0 Å². The zero-order valence-corrected chi connectivity index (χ0v) is 11.0. The maximum atomic E-state index is 12.4. The first-order chi connectivity index (χ1) is 9.12. The van der Waals surface area contributed by atoms with Crippen molar-refractivity contribution in [2.45, 2.75) is 31.5 Å². The summed E-state index contributed by atoms with van der Waals surface area (Å²) in [5.74, 6) is -1.25. The Bertz CT molecular complexity index is 388. The van der Waals surface area contributed by atoms with Crippen LogP contribution in [-0.4, -0.2) is 70.0 Å². The molecule has 1 rings (SSSR count). The Balaban J connectivity index is 2.91. The molecule has 0 spiro atoms. The van der Waals surface area contributed by atoms with Gasteiger partial charge in [0.2, 0.25) is 0 Å². The van der Waals surface area contributed by atoms with E-state index in [0.29, 0.717) is 11.3 Å². The molecule has 0 aliphatic carbocycles. The number of aliphatic carboxylic acids is 1. The smallest absolute Gasteiger partial charge is 0.406 e. The molecule has 1 saturated heterocycles. The number of nitrogens with zero attached hydrogens (tertiary/aromatic N) is 2. The number of rotatable bonds is 4. The molecule has 20 heavy (non-hydrogen) atoms. The number of carbonyl (C=O) groups excluding carboxylic acids is 1. The van der Waals surface area contributed by atoms with Gasteiger partial charge in [0.25, 0.3) is 0 Å². The SMILES string of the molecule is CC1(C(=O)O)CCCN1C(=O)N(CCO)CC(F)(F)F. The number of carboxylic acids is 1. The van der Waals surface area contributed by atoms with Crippen LogP contribution >= 0.6 is 0 Å². The van der Waals surface area contributed by atoms with E-state index in [1.54, 1.807) is 0 Å². The van der Waals surface area contributed by atoms with Crippen molar-refractivity contribution in [2.24, 2.45) is 0 Å². The van der Waals surface area contributed by atoms with Crippen molar-refractivity contribution < 1.29 is 33.0 Å². The number of hydrogen-bond acceptors (Lipinski definition) is 3. The number of amides is 2. The van der Waals surface area contributed by atoms with Gasteiger partial charge in [-0.15, -0.1) is 0 Å². The molecule has 1 heterocycles. The average Bonchev–Trinajstić information content (AvgIpc) is 2.69. The van der Waals surface area contributed by atoms with Gasteiger partial charge in [0.1, 0.15) is 12.1 Å². The summed E-state index contributed by atoms with van der Waals surface area (Å²) in [7, 11) is 0. The highest BCUT2D eigenvalue weighted by atomic mass is 19.4. The van der Waals surface area contributed by atoms with E-state index in [1.807, 2.05) is 0 Å². The minimum absolute atomic E-state index is 0.0847. The molecule has 0 aromatic carbocycles. The second kappa shape index (κ2) is 5.86. The highest BCUT2D eigenvalue weighted by Gasteiger charge is 2.48. The summed E-state index contributed by atoms with van der Waals surface area (Å²) in [6.07, 6.45) is -4.01. The highest BCUT2D eigenvalue weighted by Crippen LogP contribution is 2.31. The van der Waals surface area contributed by atoms with Crippen molar-refractivity contribution in [2.75, 3.05) is 26.2 Å². The molecule has 1 fully saturated rings. The number of carboxylic acid groups (broad SMARTS) is 1. The monoisotopic (exact) mass is 298 g/mol. The molecule has 0 radical (unpaired) electrons. The van der Waals surface area contributed by atoms with Crippen LogP contribution in [0.15, 0.2) is 0 Å². The predicted octanol–water partition coefficient (Wildman–Crippen LogP) is 0.902. The number of halogens is 3. The molecule has 9 heteroatoms. The first-order valence-corrected chi connectivity index (χ1v) is 6.09. The highest BCUT2D eigenvalue weighted by molar-refractivity contribution is 5.86. The molecule has 0 aromatic heterocycles. The number of alkyl halides is 3. The standard InChI is InChI=1S/C11H17F3N2O4/c1-10(8(18)19)3-2-4-16(10)9(20)15(5-6-17)7-11(12,13)14/h17H,2-7H2,1H3,(H,18,19). The summed E-state index contributed by atoms with van der Waals surface area (Å²) >= 11 is 0. The first kappa shape index (κ1) is 16.5. The van der Waals surface area contributed by atoms with Crippen LogP contribution in [-0.2, 0) is 4.79 Å². The predicted molar refractivity (Wildman–Crippen MR) is 62.1 cm³/mol. The van der Waals surface area contributed by atoms with Gasteiger partial charge >= 0.3 is 18.2 Å². The van der Waals surface area contributed by atoms with Crippen LogP contribution in [0.2, 0.25) is 0 Å². The molecule has 1 aliphatic heterocycles. The van der Waals surface area contributed by atoms with Gasteiger partial charge in [-0.2, -0.15) is 13.2 Å². The van der Waals surface area contributed by atoms with Crippen molar-refractivity contribution in [1.82, 2.24) is 9.80 Å². The lowest BCUT2D eigenvalue weighted by atomic mass is 10.00. The van der Waals surface area contributed by atoms with Gasteiger partial charge in [0.05, 0.1) is 6.61 Å². The number of carbonyl (C=O) groups is 2. The zero-order chi connectivity index (χ0) is 15.6. The van der Waals surface area contributed by atoms with E-state index < -0.39 is 43.4 Å². The van der Waals surface area contributed by atoms with Gasteiger partial charge in [-0.25, -0.2) is 9.59 Å². The second-order valence-corrected chi connectivity index (χ2v) is 4.88. The van der Waals surface area contributed by atoms with Crippen LogP contribution in [0.3, 0.4) is 0 Å². The van der Waals surface area contributed by atoms with Crippen molar-refractivity contribution in [3.63, 3.8) is 0 Å². The molecule has 2 amide bonds. The lowest BCUT2D eigenvalue weighted by molar-refractivity contribution is -0.149. The Morgan fingerprint density at radius 2 is 2.00 bits per heavy atom. The molecule has 1 aliphatic rings. The molecule has 1 unspecified atom stereocenters. The number of likely N-dealkylation sites (tertiary alicyclic amines) is 1. The lowest BCUT2D eigenvalue weighted by Gasteiger charge is -2.35. The molecular weight excluding hydrogens is 281 g/mol. The van der Waals surface area contributed by atoms with E-state index in [2.05, 4.69) is 0 Å². The van der Waals surface area contributed by atoms with Gasteiger partial charge in [0.15, 0.2) is 0 Å². The fraction of sp³-hybridized carbons (Fsp3) is 0.818. The van der Waals surface area contributed by atoms with Crippen molar-refractivity contribution in [3.05, 3.63) is 0 Å². The van der Waals surface area contributed by atoms with Crippen molar-refractivity contribution in [1.29, 1.82) is 0 Å². The normalized spacial score (nSPS) is 22.9. The Kier molecular flexibility index (Phi) is 4.85. The first-order valence-electron chi connectivity index (χ1n) is 6.09. The molecule has 6 nitrogen and oxygen atoms in total. The van der Waals surface area contributed by atoms with Gasteiger partial charge in [-0.1, -0.05) is 0 Å². The fourth-order valence-corrected chi connectivity index (χ4v) is 2.24. The third-order valence-electron chi connectivity index (χ3n) is 3.34. The van der Waals surface area contributed by atoms with Crippen LogP contribution in [0.1, 0.15) is 19.8 Å². The van der Waals surface area contributed by atoms with Crippen LogP contribution in [0, 0.1) is 0 Å². The van der Waals surface area contributed by atoms with Gasteiger partial charge in [-0.05, 0) is 19.8 Å². The molecule has 2 N–H and O–H groups in total. The lowest BCUT2D eigenvalue weighted by Crippen LogP contribution is -2.56. The van der Waals surface area contributed by atoms with Gasteiger partial charge in [0, 0.05) is 13.1 Å². The third kappa shape index (κ3) is 3.53. The summed E-state index contributed by atoms with van der Waals surface area (Å²) < 4.78 is 37.3. The van der Waals surface area contributed by atoms with E-state index >= 15 is 0 Å². The Morgan fingerprint density at radius 1 is 1.40 bits per heavy atom. The summed E-state index contributed by atoms with van der Waals surface area (Å²) in [4.78, 5) is 24.7. The van der Waals surface area contributed by atoms with Crippen LogP contribution < -0.4 is 0 Å². The summed E-state index contributed by atoms with van der Waals surface area (Å²) in [6, 6.07) is -1.02. The second-order valence-electron chi connectivity index (χ2n) is 4.88. The topological polar surface area (TPSA) is 81.1 Å². The van der Waals surface area contributed by atoms with E-state index in [0.717, 1.165) is 4.90 Å². The molecular formula is C11H17F3N2O4. The minimum atomic E-state index is -4.61. The quantitative estimate of drug-likeness (QED) is 0.808. The Labute approximate surface area is 113 Å². The number of aliphatic hydroxyl groups is 1. The summed E-state index contributed by atoms with van der Waals surface area (Å²) in [5.41, 5.74) is -1.50. The largest absolute Gasteiger partial charge is 0.480 e. The summed E-state index contributed by atoms with van der Waals surface area (Å²) in [5, 5.41) is 17.9. The maximum absolute atomic E-state index is 12.4. The van der Waals surface area contributed by atoms with Crippen molar-refractivity contribution >= 4 is 12.0 Å². The zero-order valence-electron chi connectivity index (χ0n) is 11.0. The van der Waals surface area contributed by atoms with Crippen LogP contribution in [0.4, 0.5) is 18.0 Å². The third-order valence-corrected chi connectivity index (χ3v) is 3.34. The molecule has 0 saturated carbocycles. The minimum Gasteiger partial charge on any atom is -0.480 e. The summed E-state index contributed by atoms with van der Waals surface area (Å²) in [6.45, 7) is -1.24. The number of hydrogen-bond donors (Lipinski definition) is 2. The maximum Gasteiger partial charge on any atom is 0.406 e. The Morgan fingerprint density at radius 3 is 2.45 bits per heavy atom. The van der Waals surface area contributed by atoms with Gasteiger partial charge in [-0.3, -0.25) is 0 Å². The van der Waals surface area contributed by atoms with E-state index in [4.69, 9.17) is 10.2 Å². The number of aliphatic hydroxyl groups excluding tert-OH is 1. The van der Waals surface area contributed by atoms with Gasteiger partial charge < -0.3 is 20.0 Å². The molecule has 116 valence electrons. The number of urea groups is 1. The van der Waals surface area contributed by atoms with E-state index in [1.165, 1.54) is 6.92 Å². The van der Waals surface area contributed by atoms with Crippen LogP contribution in [0.25, 0.3) is 0 Å². The molecule has 1 atom stereocenters. The van der Waals surface area contributed by atoms with Crippen LogP contribution in [0.5, 0.6) is 0 Å². The molecule has 0 aromatic rings. The average molecular weight is 298 g/mol. The fourth-order valence-electron chi connectivity index (χ4n) is 2.24.